The summed E-state index contributed by atoms with van der Waals surface area (Å²) >= 11 is 0. The Labute approximate surface area is 133 Å². The Bertz CT molecular complexity index is 798. The van der Waals surface area contributed by atoms with E-state index in [4.69, 9.17) is 16.5 Å². The fourth-order valence-corrected chi connectivity index (χ4v) is 3.19. The van der Waals surface area contributed by atoms with Crippen LogP contribution in [-0.4, -0.2) is 30.8 Å². The van der Waals surface area contributed by atoms with Gasteiger partial charge < -0.3 is 16.8 Å². The molecule has 6 N–H and O–H groups in total. The number of hydrogen-bond donors (Lipinski definition) is 4. The van der Waals surface area contributed by atoms with Gasteiger partial charge in [0, 0.05) is 24.1 Å². The maximum atomic E-state index is 6.00. The molecule has 0 aliphatic heterocycles. The third-order valence-corrected chi connectivity index (χ3v) is 4.42. The molecular weight excluding hydrogens is 292 g/mol. The highest BCUT2D eigenvalue weighted by molar-refractivity contribution is 5.74. The monoisotopic (exact) mass is 312 g/mol. The van der Waals surface area contributed by atoms with Crippen LogP contribution in [0, 0.1) is 0 Å². The standard InChI is InChI=1S/C15H20N8/c16-10-3-1-9(2-4-10)12-8-23-15(20-12)11(7-13(17)22-23)19-14-5-6-18-21-14/h5-10H,1-4,16H2,(H2,17,22)(H2,18,19,21). The molecule has 0 atom stereocenters. The van der Waals surface area contributed by atoms with Gasteiger partial charge in [0.15, 0.2) is 5.65 Å². The van der Waals surface area contributed by atoms with Crippen LogP contribution in [0.2, 0.25) is 0 Å². The zero-order valence-corrected chi connectivity index (χ0v) is 12.7. The number of nitrogens with one attached hydrogen (secondary N) is 2. The van der Waals surface area contributed by atoms with Crippen LogP contribution >= 0.6 is 0 Å². The van der Waals surface area contributed by atoms with Crippen molar-refractivity contribution in [3.63, 3.8) is 0 Å². The van der Waals surface area contributed by atoms with Crippen LogP contribution in [0.3, 0.4) is 0 Å². The van der Waals surface area contributed by atoms with Gasteiger partial charge in [-0.25, -0.2) is 9.50 Å². The molecule has 3 aromatic heterocycles. The van der Waals surface area contributed by atoms with Crippen LogP contribution in [0.5, 0.6) is 0 Å². The van der Waals surface area contributed by atoms with Gasteiger partial charge in [-0.15, -0.1) is 5.10 Å². The van der Waals surface area contributed by atoms with Crippen molar-refractivity contribution in [1.82, 2.24) is 24.8 Å². The molecule has 1 fully saturated rings. The highest BCUT2D eigenvalue weighted by Gasteiger charge is 2.23. The number of aromatic nitrogens is 5. The zero-order chi connectivity index (χ0) is 15.8. The molecule has 0 spiro atoms. The average Bonchev–Trinajstić information content (AvgIpc) is 3.17. The first-order valence-electron chi connectivity index (χ1n) is 7.87. The second kappa shape index (κ2) is 5.54. The third kappa shape index (κ3) is 2.72. The number of anilines is 3. The van der Waals surface area contributed by atoms with E-state index in [2.05, 4.69) is 20.6 Å². The van der Waals surface area contributed by atoms with Gasteiger partial charge in [0.25, 0.3) is 0 Å². The van der Waals surface area contributed by atoms with Gasteiger partial charge in [0.2, 0.25) is 0 Å². The van der Waals surface area contributed by atoms with Crippen molar-refractivity contribution in [3.05, 3.63) is 30.2 Å². The number of fused-ring (bicyclic) bond motifs is 1. The summed E-state index contributed by atoms with van der Waals surface area (Å²) in [6, 6.07) is 3.96. The van der Waals surface area contributed by atoms with Crippen molar-refractivity contribution < 1.29 is 0 Å². The van der Waals surface area contributed by atoms with Crippen LogP contribution in [0.1, 0.15) is 37.3 Å². The SMILES string of the molecule is Nc1cc(Nc2ccn[nH]2)c2nc(C3CCC(N)CC3)cn2n1. The van der Waals surface area contributed by atoms with E-state index in [-0.39, 0.29) is 0 Å². The molecule has 8 heteroatoms. The van der Waals surface area contributed by atoms with Gasteiger partial charge in [-0.2, -0.15) is 5.10 Å². The van der Waals surface area contributed by atoms with Gasteiger partial charge in [0.1, 0.15) is 11.6 Å². The largest absolute Gasteiger partial charge is 0.382 e. The van der Waals surface area contributed by atoms with Gasteiger partial charge in [0.05, 0.1) is 23.8 Å². The average molecular weight is 312 g/mol. The maximum Gasteiger partial charge on any atom is 0.177 e. The van der Waals surface area contributed by atoms with Crippen LogP contribution in [-0.2, 0) is 0 Å². The lowest BCUT2D eigenvalue weighted by molar-refractivity contribution is 0.391. The van der Waals surface area contributed by atoms with E-state index >= 15 is 0 Å². The molecule has 0 unspecified atom stereocenters. The number of nitrogen functional groups attached to an aromatic ring is 1. The second-order valence-corrected chi connectivity index (χ2v) is 6.12. The minimum absolute atomic E-state index is 0.328. The van der Waals surface area contributed by atoms with Gasteiger partial charge in [-0.1, -0.05) is 0 Å². The molecule has 0 radical (unpaired) electrons. The van der Waals surface area contributed by atoms with Crippen LogP contribution in [0.25, 0.3) is 5.65 Å². The van der Waals surface area contributed by atoms with Gasteiger partial charge in [-0.05, 0) is 25.7 Å². The zero-order valence-electron chi connectivity index (χ0n) is 12.7. The molecule has 0 saturated heterocycles. The van der Waals surface area contributed by atoms with Crippen molar-refractivity contribution >= 4 is 23.0 Å². The molecule has 0 bridgehead atoms. The lowest BCUT2D eigenvalue weighted by Gasteiger charge is -2.24. The summed E-state index contributed by atoms with van der Waals surface area (Å²) in [5.74, 6) is 1.66. The number of hydrogen-bond acceptors (Lipinski definition) is 6. The van der Waals surface area contributed by atoms with E-state index in [1.165, 1.54) is 0 Å². The molecule has 4 rings (SSSR count). The summed E-state index contributed by atoms with van der Waals surface area (Å²) in [7, 11) is 0. The lowest BCUT2D eigenvalue weighted by Crippen LogP contribution is -2.25. The van der Waals surface area contributed by atoms with Crippen molar-refractivity contribution in [3.8, 4) is 0 Å². The van der Waals surface area contributed by atoms with Gasteiger partial charge >= 0.3 is 0 Å². The second-order valence-electron chi connectivity index (χ2n) is 6.12. The minimum Gasteiger partial charge on any atom is -0.382 e. The Morgan fingerprint density at radius 2 is 2.09 bits per heavy atom. The first-order chi connectivity index (χ1) is 11.2. The molecule has 1 aliphatic carbocycles. The summed E-state index contributed by atoms with van der Waals surface area (Å²) in [5, 5.41) is 14.4. The van der Waals surface area contributed by atoms with Crippen molar-refractivity contribution in [2.75, 3.05) is 11.1 Å². The summed E-state index contributed by atoms with van der Waals surface area (Å²) < 4.78 is 1.75. The Balaban J connectivity index is 1.70. The van der Waals surface area contributed by atoms with Crippen LogP contribution in [0.4, 0.5) is 17.3 Å². The fraction of sp³-hybridized carbons (Fsp3) is 0.400. The minimum atomic E-state index is 0.328. The normalized spacial score (nSPS) is 21.6. The Hall–Kier alpha value is -2.61. The van der Waals surface area contributed by atoms with E-state index < -0.39 is 0 Å². The van der Waals surface area contributed by atoms with Crippen molar-refractivity contribution in [2.45, 2.75) is 37.6 Å². The predicted molar refractivity (Wildman–Crippen MR) is 88.5 cm³/mol. The number of rotatable bonds is 3. The first-order valence-corrected chi connectivity index (χ1v) is 7.87. The smallest absolute Gasteiger partial charge is 0.177 e. The molecule has 23 heavy (non-hydrogen) atoms. The fourth-order valence-electron chi connectivity index (χ4n) is 3.19. The van der Waals surface area contributed by atoms with Gasteiger partial charge in [-0.3, -0.25) is 5.10 Å². The predicted octanol–water partition coefficient (Wildman–Crippen LogP) is 1.76. The molecule has 1 aliphatic rings. The Morgan fingerprint density at radius 1 is 1.26 bits per heavy atom. The number of imidazole rings is 1. The van der Waals surface area contributed by atoms with E-state index in [0.29, 0.717) is 17.8 Å². The quantitative estimate of drug-likeness (QED) is 0.584. The molecule has 120 valence electrons. The summed E-state index contributed by atoms with van der Waals surface area (Å²) in [4.78, 5) is 4.79. The molecule has 0 aromatic carbocycles. The molecule has 1 saturated carbocycles. The van der Waals surface area contributed by atoms with Crippen LogP contribution < -0.4 is 16.8 Å². The topological polar surface area (TPSA) is 123 Å². The van der Waals surface area contributed by atoms with Crippen LogP contribution in [0.15, 0.2) is 24.5 Å². The van der Waals surface area contributed by atoms with E-state index in [9.17, 15) is 0 Å². The summed E-state index contributed by atoms with van der Waals surface area (Å²) in [5.41, 5.74) is 14.5. The number of aromatic amines is 1. The van der Waals surface area contributed by atoms with E-state index in [1.54, 1.807) is 16.8 Å². The molecular formula is C15H20N8. The van der Waals surface area contributed by atoms with E-state index in [1.807, 2.05) is 12.3 Å². The summed E-state index contributed by atoms with van der Waals surface area (Å²) in [6.07, 6.45) is 7.91. The number of nitrogens with two attached hydrogens (primary N) is 2. The summed E-state index contributed by atoms with van der Waals surface area (Å²) in [6.45, 7) is 0. The first kappa shape index (κ1) is 14.0. The molecule has 3 aromatic rings. The van der Waals surface area contributed by atoms with Crippen molar-refractivity contribution in [1.29, 1.82) is 0 Å². The van der Waals surface area contributed by atoms with Crippen molar-refractivity contribution in [2.24, 2.45) is 5.73 Å². The lowest BCUT2D eigenvalue weighted by atomic mass is 9.85. The maximum absolute atomic E-state index is 6.00. The molecule has 0 amide bonds. The molecule has 3 heterocycles. The Kier molecular flexibility index (Phi) is 3.38. The third-order valence-electron chi connectivity index (χ3n) is 4.42. The Morgan fingerprint density at radius 3 is 2.83 bits per heavy atom. The van der Waals surface area contributed by atoms with E-state index in [0.717, 1.165) is 48.5 Å². The number of nitrogens with zero attached hydrogens (tertiary/aromatic N) is 4. The number of H-pyrrole nitrogens is 1. The highest BCUT2D eigenvalue weighted by atomic mass is 15.3. The highest BCUT2D eigenvalue weighted by Crippen LogP contribution is 2.33. The molecule has 8 nitrogen and oxygen atoms in total.